The van der Waals surface area contributed by atoms with Crippen molar-refractivity contribution in [2.45, 2.75) is 6.42 Å². The van der Waals surface area contributed by atoms with Gasteiger partial charge in [-0.05, 0) is 34.2 Å². The van der Waals surface area contributed by atoms with Crippen LogP contribution in [0.5, 0.6) is 5.75 Å². The molecule has 148 valence electrons. The second-order valence-electron chi connectivity index (χ2n) is 7.50. The Bertz CT molecular complexity index is 1400. The quantitative estimate of drug-likeness (QED) is 0.567. The summed E-state index contributed by atoms with van der Waals surface area (Å²) in [6, 6.07) is 22.0. The highest BCUT2D eigenvalue weighted by molar-refractivity contribution is 6.22. The summed E-state index contributed by atoms with van der Waals surface area (Å²) in [7, 11) is 0. The summed E-state index contributed by atoms with van der Waals surface area (Å²) >= 11 is 0. The first-order valence-electron chi connectivity index (χ1n) is 9.91. The van der Waals surface area contributed by atoms with Crippen LogP contribution in [0, 0.1) is 39.8 Å². The summed E-state index contributed by atoms with van der Waals surface area (Å²) in [5.41, 5.74) is 3.61. The number of rotatable bonds is 1. The van der Waals surface area contributed by atoms with Crippen molar-refractivity contribution in [3.63, 3.8) is 0 Å². The summed E-state index contributed by atoms with van der Waals surface area (Å²) in [6.45, 7) is 0.370. The van der Waals surface area contributed by atoms with E-state index in [1.54, 1.807) is 12.1 Å². The lowest BCUT2D eigenvalue weighted by molar-refractivity contribution is 0.329. The van der Waals surface area contributed by atoms with Gasteiger partial charge in [-0.2, -0.15) is 10.5 Å². The van der Waals surface area contributed by atoms with Gasteiger partial charge in [0.1, 0.15) is 23.6 Å². The van der Waals surface area contributed by atoms with Gasteiger partial charge in [-0.3, -0.25) is 0 Å². The summed E-state index contributed by atoms with van der Waals surface area (Å²) in [5, 5.41) is 30.5. The summed E-state index contributed by atoms with van der Waals surface area (Å²) in [4.78, 5) is 0. The van der Waals surface area contributed by atoms with E-state index in [1.165, 1.54) is 12.1 Å². The minimum Gasteiger partial charge on any atom is -0.492 e. The van der Waals surface area contributed by atoms with E-state index in [2.05, 4.69) is 12.1 Å². The van der Waals surface area contributed by atoms with Crippen molar-refractivity contribution in [3.05, 3.63) is 88.8 Å². The molecule has 1 atom stereocenters. The van der Waals surface area contributed by atoms with E-state index >= 15 is 0 Å². The maximum atomic E-state index is 13.6. The first kappa shape index (κ1) is 18.8. The van der Waals surface area contributed by atoms with E-state index in [1.807, 2.05) is 36.4 Å². The number of hydrogen-bond acceptors (Lipinski definition) is 4. The van der Waals surface area contributed by atoms with E-state index in [0.29, 0.717) is 35.5 Å². The van der Waals surface area contributed by atoms with Gasteiger partial charge in [-0.1, -0.05) is 48.5 Å². The largest absolute Gasteiger partial charge is 0.492 e. The zero-order chi connectivity index (χ0) is 21.5. The van der Waals surface area contributed by atoms with Gasteiger partial charge < -0.3 is 10.1 Å². The molecule has 1 aliphatic carbocycles. The van der Waals surface area contributed by atoms with Crippen LogP contribution in [-0.4, -0.2) is 12.3 Å². The fraction of sp³-hybridized carbons (Fsp3) is 0.115. The van der Waals surface area contributed by atoms with Gasteiger partial charge in [0.15, 0.2) is 0 Å². The summed E-state index contributed by atoms with van der Waals surface area (Å²) in [6.07, 6.45) is 0.474. The average molecular weight is 405 g/mol. The normalized spacial score (nSPS) is 17.9. The van der Waals surface area contributed by atoms with Crippen LogP contribution in [0.3, 0.4) is 0 Å². The Balaban J connectivity index is 1.86. The molecule has 1 heterocycles. The van der Waals surface area contributed by atoms with Crippen LogP contribution >= 0.6 is 0 Å². The SMILES string of the molecule is N#CC1=C(c2ccc(F)cc2)C2=C(c3ccc4ccccc4c3OCC2)C(C#N)C1=N. The third kappa shape index (κ3) is 2.83. The Morgan fingerprint density at radius 2 is 1.77 bits per heavy atom. The maximum absolute atomic E-state index is 13.6. The van der Waals surface area contributed by atoms with E-state index in [4.69, 9.17) is 10.1 Å². The van der Waals surface area contributed by atoms with Crippen molar-refractivity contribution >= 4 is 27.6 Å². The Morgan fingerprint density at radius 1 is 1.00 bits per heavy atom. The molecule has 0 amide bonds. The van der Waals surface area contributed by atoms with Gasteiger partial charge in [0, 0.05) is 22.9 Å². The van der Waals surface area contributed by atoms with Crippen molar-refractivity contribution in [1.82, 2.24) is 0 Å². The smallest absolute Gasteiger partial charge is 0.134 e. The number of nitriles is 2. The zero-order valence-corrected chi connectivity index (χ0v) is 16.4. The van der Waals surface area contributed by atoms with Crippen molar-refractivity contribution in [2.24, 2.45) is 5.92 Å². The highest BCUT2D eigenvalue weighted by Gasteiger charge is 2.37. The number of halogens is 1. The number of benzene rings is 3. The second kappa shape index (κ2) is 7.23. The van der Waals surface area contributed by atoms with Crippen LogP contribution in [0.25, 0.3) is 21.9 Å². The van der Waals surface area contributed by atoms with Crippen molar-refractivity contribution in [1.29, 1.82) is 15.9 Å². The molecule has 1 aliphatic heterocycles. The van der Waals surface area contributed by atoms with Gasteiger partial charge in [0.2, 0.25) is 0 Å². The molecule has 3 aromatic rings. The predicted octanol–water partition coefficient (Wildman–Crippen LogP) is 5.67. The van der Waals surface area contributed by atoms with Crippen LogP contribution in [0.1, 0.15) is 17.5 Å². The Morgan fingerprint density at radius 3 is 2.52 bits per heavy atom. The first-order valence-corrected chi connectivity index (χ1v) is 9.91. The van der Waals surface area contributed by atoms with Crippen LogP contribution < -0.4 is 4.74 Å². The molecule has 0 saturated heterocycles. The highest BCUT2D eigenvalue weighted by Crippen LogP contribution is 2.48. The average Bonchev–Trinajstić information content (AvgIpc) is 2.99. The molecule has 5 rings (SSSR count). The third-order valence-corrected chi connectivity index (χ3v) is 5.87. The Hall–Kier alpha value is -4.22. The number of allylic oxidation sites excluding steroid dienone is 3. The minimum absolute atomic E-state index is 0.0379. The molecule has 5 heteroatoms. The van der Waals surface area contributed by atoms with E-state index in [9.17, 15) is 14.9 Å². The topological polar surface area (TPSA) is 80.7 Å². The molecular formula is C26H16FN3O. The van der Waals surface area contributed by atoms with Crippen molar-refractivity contribution < 1.29 is 9.13 Å². The molecule has 1 N–H and O–H groups in total. The summed E-state index contributed by atoms with van der Waals surface area (Å²) < 4.78 is 19.7. The van der Waals surface area contributed by atoms with E-state index in [0.717, 1.165) is 21.9 Å². The Kier molecular flexibility index (Phi) is 4.38. The molecule has 1 unspecified atom stereocenters. The summed E-state index contributed by atoms with van der Waals surface area (Å²) in [5.74, 6) is -0.565. The van der Waals surface area contributed by atoms with Gasteiger partial charge in [-0.25, -0.2) is 4.39 Å². The lowest BCUT2D eigenvalue weighted by Gasteiger charge is -2.27. The highest BCUT2D eigenvalue weighted by atomic mass is 19.1. The third-order valence-electron chi connectivity index (χ3n) is 5.87. The molecule has 0 radical (unpaired) electrons. The number of hydrogen-bond donors (Lipinski definition) is 1. The number of ether oxygens (including phenoxy) is 1. The first-order chi connectivity index (χ1) is 15.1. The molecular weight excluding hydrogens is 389 g/mol. The van der Waals surface area contributed by atoms with Crippen molar-refractivity contribution in [2.75, 3.05) is 6.61 Å². The number of nitrogens with one attached hydrogen (secondary N) is 1. The standard InChI is InChI=1S/C26H16FN3O/c27-17-8-5-16(6-9-17)23-19-11-12-31-26-18-4-2-1-3-15(18)7-10-20(26)24(19)22(14-29)25(30)21(23)13-28/h1-10,22,30H,11-12H2. The van der Waals surface area contributed by atoms with E-state index in [-0.39, 0.29) is 17.1 Å². The Labute approximate surface area is 178 Å². The zero-order valence-electron chi connectivity index (χ0n) is 16.4. The number of nitrogens with zero attached hydrogens (tertiary/aromatic N) is 2. The van der Waals surface area contributed by atoms with Crippen molar-refractivity contribution in [3.8, 4) is 17.9 Å². The molecule has 0 spiro atoms. The monoisotopic (exact) mass is 405 g/mol. The lowest BCUT2D eigenvalue weighted by atomic mass is 9.73. The second-order valence-corrected chi connectivity index (χ2v) is 7.50. The van der Waals surface area contributed by atoms with Gasteiger partial charge in [-0.15, -0.1) is 0 Å². The lowest BCUT2D eigenvalue weighted by Crippen LogP contribution is -2.23. The van der Waals surface area contributed by atoms with Gasteiger partial charge in [0.05, 0.1) is 24.0 Å². The van der Waals surface area contributed by atoms with Crippen LogP contribution in [0.2, 0.25) is 0 Å². The molecule has 0 saturated carbocycles. The number of fused-ring (bicyclic) bond motifs is 4. The fourth-order valence-electron chi connectivity index (χ4n) is 4.51. The van der Waals surface area contributed by atoms with E-state index < -0.39 is 5.92 Å². The minimum atomic E-state index is -0.879. The molecule has 0 bridgehead atoms. The molecule has 31 heavy (non-hydrogen) atoms. The van der Waals surface area contributed by atoms with Crippen LogP contribution in [-0.2, 0) is 0 Å². The molecule has 3 aromatic carbocycles. The van der Waals surface area contributed by atoms with Crippen LogP contribution in [0.15, 0.2) is 71.8 Å². The van der Waals surface area contributed by atoms with Gasteiger partial charge >= 0.3 is 0 Å². The molecule has 0 fully saturated rings. The predicted molar refractivity (Wildman–Crippen MR) is 117 cm³/mol. The maximum Gasteiger partial charge on any atom is 0.134 e. The molecule has 2 aliphatic rings. The van der Waals surface area contributed by atoms with Gasteiger partial charge in [0.25, 0.3) is 0 Å². The molecule has 4 nitrogen and oxygen atoms in total. The fourth-order valence-corrected chi connectivity index (χ4v) is 4.51. The molecule has 0 aromatic heterocycles. The van der Waals surface area contributed by atoms with Crippen LogP contribution in [0.4, 0.5) is 4.39 Å².